The standard InChI is InChI=1S/C12H13N5O5S/c18-9(15-8-2-5-23(20,21)7-8)6-17-11(16-22-12(17)19)10-13-3-1-4-14-10/h1,3-4,8H,2,5-7H2,(H,15,18)/t8-/m0/s1. The maximum atomic E-state index is 12.0. The fourth-order valence-electron chi connectivity index (χ4n) is 2.31. The van der Waals surface area contributed by atoms with Crippen molar-refractivity contribution >= 4 is 15.7 Å². The Morgan fingerprint density at radius 2 is 2.13 bits per heavy atom. The van der Waals surface area contributed by atoms with Gasteiger partial charge in [0.15, 0.2) is 15.7 Å². The number of hydrogen-bond acceptors (Lipinski definition) is 8. The van der Waals surface area contributed by atoms with E-state index in [2.05, 4.69) is 25.0 Å². The van der Waals surface area contributed by atoms with Gasteiger partial charge in [-0.15, -0.1) is 0 Å². The van der Waals surface area contributed by atoms with Crippen LogP contribution in [0.1, 0.15) is 6.42 Å². The average Bonchev–Trinajstić information content (AvgIpc) is 3.03. The van der Waals surface area contributed by atoms with Crippen LogP contribution in [0.2, 0.25) is 0 Å². The molecule has 11 heteroatoms. The quantitative estimate of drug-likeness (QED) is 0.718. The van der Waals surface area contributed by atoms with Crippen LogP contribution in [0.4, 0.5) is 0 Å². The molecule has 122 valence electrons. The van der Waals surface area contributed by atoms with Gasteiger partial charge >= 0.3 is 5.76 Å². The Labute approximate surface area is 130 Å². The number of aromatic nitrogens is 4. The summed E-state index contributed by atoms with van der Waals surface area (Å²) in [5.41, 5.74) is 0. The molecule has 1 N–H and O–H groups in total. The molecular formula is C12H13N5O5S. The first-order valence-electron chi connectivity index (χ1n) is 6.78. The SMILES string of the molecule is O=C(Cn1c(-c2ncccn2)noc1=O)N[C@H]1CCS(=O)(=O)C1. The second kappa shape index (κ2) is 5.91. The molecule has 0 spiro atoms. The van der Waals surface area contributed by atoms with Crippen molar-refractivity contribution in [2.24, 2.45) is 0 Å². The molecule has 2 aromatic heterocycles. The molecule has 10 nitrogen and oxygen atoms in total. The van der Waals surface area contributed by atoms with Gasteiger partial charge in [-0.25, -0.2) is 27.7 Å². The van der Waals surface area contributed by atoms with E-state index in [1.807, 2.05) is 0 Å². The Morgan fingerprint density at radius 3 is 2.78 bits per heavy atom. The van der Waals surface area contributed by atoms with Crippen LogP contribution in [0, 0.1) is 0 Å². The van der Waals surface area contributed by atoms with Crippen LogP contribution in [-0.2, 0) is 21.2 Å². The summed E-state index contributed by atoms with van der Waals surface area (Å²) >= 11 is 0. The fraction of sp³-hybridized carbons (Fsp3) is 0.417. The van der Waals surface area contributed by atoms with Crippen molar-refractivity contribution in [2.45, 2.75) is 19.0 Å². The average molecular weight is 339 g/mol. The van der Waals surface area contributed by atoms with Crippen LogP contribution in [0.25, 0.3) is 11.6 Å². The molecule has 3 rings (SSSR count). The molecule has 0 aliphatic carbocycles. The lowest BCUT2D eigenvalue weighted by atomic mass is 10.2. The van der Waals surface area contributed by atoms with Crippen LogP contribution in [0.15, 0.2) is 27.8 Å². The van der Waals surface area contributed by atoms with Crippen LogP contribution < -0.4 is 11.1 Å². The molecule has 0 aromatic carbocycles. The summed E-state index contributed by atoms with van der Waals surface area (Å²) in [4.78, 5) is 31.6. The minimum absolute atomic E-state index is 0.0322. The molecule has 0 saturated carbocycles. The van der Waals surface area contributed by atoms with E-state index in [4.69, 9.17) is 0 Å². The van der Waals surface area contributed by atoms with Crippen LogP contribution in [0.3, 0.4) is 0 Å². The van der Waals surface area contributed by atoms with Crippen molar-refractivity contribution in [3.05, 3.63) is 29.0 Å². The number of carbonyl (C=O) groups is 1. The molecule has 1 fully saturated rings. The molecule has 1 amide bonds. The minimum atomic E-state index is -3.10. The van der Waals surface area contributed by atoms with Gasteiger partial charge < -0.3 is 5.32 Å². The molecule has 2 aromatic rings. The summed E-state index contributed by atoms with van der Waals surface area (Å²) in [6.07, 6.45) is 3.30. The third kappa shape index (κ3) is 3.44. The molecule has 3 heterocycles. The Balaban J connectivity index is 1.75. The first kappa shape index (κ1) is 15.3. The fourth-order valence-corrected chi connectivity index (χ4v) is 3.98. The second-order valence-electron chi connectivity index (χ2n) is 5.10. The van der Waals surface area contributed by atoms with Gasteiger partial charge in [0.2, 0.25) is 11.7 Å². The van der Waals surface area contributed by atoms with E-state index in [1.165, 1.54) is 12.4 Å². The highest BCUT2D eigenvalue weighted by atomic mass is 32.2. The second-order valence-corrected chi connectivity index (χ2v) is 7.33. The van der Waals surface area contributed by atoms with Gasteiger partial charge in [0.1, 0.15) is 6.54 Å². The minimum Gasteiger partial charge on any atom is -0.351 e. The molecular weight excluding hydrogens is 326 g/mol. The largest absolute Gasteiger partial charge is 0.442 e. The lowest BCUT2D eigenvalue weighted by Gasteiger charge is -2.10. The van der Waals surface area contributed by atoms with E-state index in [-0.39, 0.29) is 29.7 Å². The predicted octanol–water partition coefficient (Wildman–Crippen LogP) is -1.40. The van der Waals surface area contributed by atoms with Gasteiger partial charge in [-0.1, -0.05) is 5.16 Å². The van der Waals surface area contributed by atoms with E-state index in [0.29, 0.717) is 6.42 Å². The number of amides is 1. The number of rotatable bonds is 4. The number of sulfone groups is 1. The van der Waals surface area contributed by atoms with Gasteiger partial charge in [0.05, 0.1) is 11.5 Å². The normalized spacial score (nSPS) is 19.6. The van der Waals surface area contributed by atoms with Crippen molar-refractivity contribution in [2.75, 3.05) is 11.5 Å². The van der Waals surface area contributed by atoms with E-state index < -0.39 is 27.5 Å². The zero-order valence-electron chi connectivity index (χ0n) is 11.9. The topological polar surface area (TPSA) is 137 Å². The van der Waals surface area contributed by atoms with Crippen molar-refractivity contribution in [1.29, 1.82) is 0 Å². The lowest BCUT2D eigenvalue weighted by molar-refractivity contribution is -0.122. The van der Waals surface area contributed by atoms with Gasteiger partial charge in [-0.2, -0.15) is 0 Å². The highest BCUT2D eigenvalue weighted by molar-refractivity contribution is 7.91. The third-order valence-electron chi connectivity index (χ3n) is 3.35. The summed E-state index contributed by atoms with van der Waals surface area (Å²) in [6, 6.07) is 1.15. The molecule has 0 radical (unpaired) electrons. The zero-order chi connectivity index (χ0) is 16.4. The monoisotopic (exact) mass is 339 g/mol. The lowest BCUT2D eigenvalue weighted by Crippen LogP contribution is -2.39. The van der Waals surface area contributed by atoms with E-state index >= 15 is 0 Å². The van der Waals surface area contributed by atoms with E-state index in [9.17, 15) is 18.0 Å². The van der Waals surface area contributed by atoms with Gasteiger partial charge in [-0.05, 0) is 12.5 Å². The maximum Gasteiger partial charge on any atom is 0.442 e. The molecule has 0 unspecified atom stereocenters. The molecule has 1 aliphatic heterocycles. The number of nitrogens with one attached hydrogen (secondary N) is 1. The molecule has 0 bridgehead atoms. The number of hydrogen-bond donors (Lipinski definition) is 1. The van der Waals surface area contributed by atoms with Gasteiger partial charge in [-0.3, -0.25) is 9.32 Å². The van der Waals surface area contributed by atoms with E-state index in [1.54, 1.807) is 6.07 Å². The summed E-state index contributed by atoms with van der Waals surface area (Å²) < 4.78 is 28.3. The van der Waals surface area contributed by atoms with Crippen LogP contribution in [-0.4, -0.2) is 51.6 Å². The highest BCUT2D eigenvalue weighted by Crippen LogP contribution is 2.12. The van der Waals surface area contributed by atoms with Crippen molar-refractivity contribution in [3.63, 3.8) is 0 Å². The van der Waals surface area contributed by atoms with E-state index in [0.717, 1.165) is 4.57 Å². The first-order valence-corrected chi connectivity index (χ1v) is 8.60. The third-order valence-corrected chi connectivity index (χ3v) is 5.12. The number of nitrogens with zero attached hydrogens (tertiary/aromatic N) is 4. The predicted molar refractivity (Wildman–Crippen MR) is 77.0 cm³/mol. The Bertz CT molecular complexity index is 873. The van der Waals surface area contributed by atoms with Crippen LogP contribution >= 0.6 is 0 Å². The van der Waals surface area contributed by atoms with Gasteiger partial charge in [0.25, 0.3) is 0 Å². The molecule has 1 atom stereocenters. The van der Waals surface area contributed by atoms with Crippen molar-refractivity contribution < 1.29 is 17.7 Å². The van der Waals surface area contributed by atoms with Crippen molar-refractivity contribution in [3.8, 4) is 11.6 Å². The number of carbonyl (C=O) groups excluding carboxylic acids is 1. The summed E-state index contributed by atoms with van der Waals surface area (Å²) in [5.74, 6) is -1.18. The zero-order valence-corrected chi connectivity index (χ0v) is 12.7. The molecule has 23 heavy (non-hydrogen) atoms. The van der Waals surface area contributed by atoms with Crippen molar-refractivity contribution in [1.82, 2.24) is 25.0 Å². The van der Waals surface area contributed by atoms with Gasteiger partial charge in [0, 0.05) is 18.4 Å². The molecule has 1 aliphatic rings. The molecule has 1 saturated heterocycles. The summed E-state index contributed by atoms with van der Waals surface area (Å²) in [6.45, 7) is -0.355. The Hall–Kier alpha value is -2.56. The maximum absolute atomic E-state index is 12.0. The Morgan fingerprint density at radius 1 is 1.39 bits per heavy atom. The van der Waals surface area contributed by atoms with Crippen LogP contribution in [0.5, 0.6) is 0 Å². The first-order chi connectivity index (χ1) is 10.9. The summed E-state index contributed by atoms with van der Waals surface area (Å²) in [7, 11) is -3.10. The highest BCUT2D eigenvalue weighted by Gasteiger charge is 2.29. The smallest absolute Gasteiger partial charge is 0.351 e. The summed E-state index contributed by atoms with van der Waals surface area (Å²) in [5, 5.41) is 6.16. The Kier molecular flexibility index (Phi) is 3.94.